The maximum Gasteiger partial charge on any atom is 1.00 e. The normalized spacial score (nSPS) is 10.5. The van der Waals surface area contributed by atoms with Gasteiger partial charge in [-0.1, -0.05) is 18.2 Å². The van der Waals surface area contributed by atoms with E-state index >= 15 is 0 Å². The van der Waals surface area contributed by atoms with Crippen LogP contribution in [0.3, 0.4) is 0 Å². The molecule has 0 spiro atoms. The molecule has 0 saturated carbocycles. The summed E-state index contributed by atoms with van der Waals surface area (Å²) >= 11 is 0. The molecule has 1 aromatic carbocycles. The first kappa shape index (κ1) is 12.5. The molecule has 1 aromatic rings. The predicted octanol–water partition coefficient (Wildman–Crippen LogP) is -0.961. The van der Waals surface area contributed by atoms with Gasteiger partial charge in [-0.25, -0.2) is 8.42 Å². The van der Waals surface area contributed by atoms with Crippen LogP contribution in [0.15, 0.2) is 29.2 Å². The third kappa shape index (κ3) is 3.07. The van der Waals surface area contributed by atoms with Crippen molar-refractivity contribution in [2.45, 2.75) is 11.8 Å². The summed E-state index contributed by atoms with van der Waals surface area (Å²) in [5, 5.41) is 0. The van der Waals surface area contributed by atoms with E-state index in [1.54, 1.807) is 25.1 Å². The Kier molecular flexibility index (Phi) is 4.81. The third-order valence-electron chi connectivity index (χ3n) is 1.36. The number of hydrogen-bond acceptors (Lipinski definition) is 2. The van der Waals surface area contributed by atoms with E-state index in [0.717, 1.165) is 0 Å². The van der Waals surface area contributed by atoms with Gasteiger partial charge >= 0.3 is 29.6 Å². The van der Waals surface area contributed by atoms with Gasteiger partial charge in [-0.05, 0) is 18.6 Å². The van der Waals surface area contributed by atoms with Crippen molar-refractivity contribution in [1.29, 1.82) is 0 Å². The number of hydrogen-bond donors (Lipinski definition) is 0. The fourth-order valence-corrected chi connectivity index (χ4v) is 2.04. The summed E-state index contributed by atoms with van der Waals surface area (Å²) in [6.45, 7) is 1.70. The van der Waals surface area contributed by atoms with Crippen LogP contribution in [0.2, 0.25) is 0 Å². The second-order valence-electron chi connectivity index (χ2n) is 2.20. The molecule has 0 fully saturated rings. The van der Waals surface area contributed by atoms with E-state index in [2.05, 4.69) is 0 Å². The van der Waals surface area contributed by atoms with Crippen LogP contribution in [0, 0.1) is 6.92 Å². The summed E-state index contributed by atoms with van der Waals surface area (Å²) < 4.78 is 21.6. The van der Waals surface area contributed by atoms with Crippen LogP contribution < -0.4 is 29.6 Å². The minimum absolute atomic E-state index is 0. The van der Waals surface area contributed by atoms with Crippen LogP contribution in [0.5, 0.6) is 0 Å². The van der Waals surface area contributed by atoms with Crippen molar-refractivity contribution in [1.82, 2.24) is 0 Å². The molecule has 0 atom stereocenters. The van der Waals surface area contributed by atoms with Gasteiger partial charge in [0.15, 0.2) is 0 Å². The van der Waals surface area contributed by atoms with Crippen molar-refractivity contribution < 1.29 is 39.4 Å². The van der Waals surface area contributed by atoms with Crippen LogP contribution in [0.4, 0.5) is 0 Å². The Labute approximate surface area is 100 Å². The van der Waals surface area contributed by atoms with Crippen LogP contribution in [0.1, 0.15) is 6.99 Å². The van der Waals surface area contributed by atoms with Crippen molar-refractivity contribution in [2.24, 2.45) is 0 Å². The van der Waals surface area contributed by atoms with E-state index in [0.29, 0.717) is 5.56 Å². The summed E-state index contributed by atoms with van der Waals surface area (Å²) in [6, 6.07) is 6.59. The molecular weight excluding hydrogens is 207 g/mol. The average Bonchev–Trinajstić information content (AvgIpc) is 1.86. The molecule has 0 heterocycles. The van der Waals surface area contributed by atoms with Gasteiger partial charge in [0.05, 0.1) is 4.90 Å². The SMILES string of the molecule is Cc1ccccc1S(=O)(=O)Cl.[H-].[Na+]. The minimum atomic E-state index is -3.56. The average molecular weight is 215 g/mol. The number of benzene rings is 1. The Morgan fingerprint density at radius 1 is 1.33 bits per heavy atom. The summed E-state index contributed by atoms with van der Waals surface area (Å²) in [6.07, 6.45) is 0. The van der Waals surface area contributed by atoms with Crippen LogP contribution in [0.25, 0.3) is 0 Å². The molecule has 0 unspecified atom stereocenters. The molecule has 0 aromatic heterocycles. The molecular formula is C7H8ClNaO2S. The van der Waals surface area contributed by atoms with E-state index in [1.165, 1.54) is 6.07 Å². The van der Waals surface area contributed by atoms with Crippen LogP contribution in [-0.2, 0) is 9.05 Å². The predicted molar refractivity (Wildman–Crippen MR) is 45.3 cm³/mol. The molecule has 62 valence electrons. The minimum Gasteiger partial charge on any atom is -1.00 e. The van der Waals surface area contributed by atoms with E-state index in [4.69, 9.17) is 10.7 Å². The van der Waals surface area contributed by atoms with Gasteiger partial charge in [-0.15, -0.1) is 0 Å². The molecule has 0 saturated heterocycles. The number of rotatable bonds is 1. The maximum atomic E-state index is 10.8. The molecule has 2 nitrogen and oxygen atoms in total. The largest absolute Gasteiger partial charge is 1.00 e. The summed E-state index contributed by atoms with van der Waals surface area (Å²) in [5.74, 6) is 0. The van der Waals surface area contributed by atoms with E-state index in [-0.39, 0.29) is 35.9 Å². The summed E-state index contributed by atoms with van der Waals surface area (Å²) in [4.78, 5) is 0.182. The zero-order valence-electron chi connectivity index (χ0n) is 7.91. The second-order valence-corrected chi connectivity index (χ2v) is 4.74. The van der Waals surface area contributed by atoms with Crippen molar-refractivity contribution in [3.63, 3.8) is 0 Å². The topological polar surface area (TPSA) is 34.1 Å². The van der Waals surface area contributed by atoms with Gasteiger partial charge in [0, 0.05) is 10.7 Å². The summed E-state index contributed by atoms with van der Waals surface area (Å²) in [7, 11) is 1.57. The Morgan fingerprint density at radius 2 is 1.83 bits per heavy atom. The van der Waals surface area contributed by atoms with Crippen LogP contribution >= 0.6 is 10.7 Å². The van der Waals surface area contributed by atoms with Crippen molar-refractivity contribution in [2.75, 3.05) is 0 Å². The van der Waals surface area contributed by atoms with Gasteiger partial charge < -0.3 is 1.43 Å². The van der Waals surface area contributed by atoms with Gasteiger partial charge in [0.1, 0.15) is 0 Å². The van der Waals surface area contributed by atoms with E-state index < -0.39 is 9.05 Å². The second kappa shape index (κ2) is 4.63. The third-order valence-corrected chi connectivity index (χ3v) is 2.84. The van der Waals surface area contributed by atoms with E-state index in [1.807, 2.05) is 0 Å². The van der Waals surface area contributed by atoms with Crippen LogP contribution in [-0.4, -0.2) is 8.42 Å². The van der Waals surface area contributed by atoms with Gasteiger partial charge in [0.2, 0.25) is 0 Å². The Morgan fingerprint density at radius 3 is 2.17 bits per heavy atom. The number of aryl methyl sites for hydroxylation is 1. The first-order valence-corrected chi connectivity index (χ1v) is 5.33. The maximum absolute atomic E-state index is 10.8. The molecule has 0 bridgehead atoms. The van der Waals surface area contributed by atoms with E-state index in [9.17, 15) is 8.42 Å². The molecule has 5 heteroatoms. The van der Waals surface area contributed by atoms with Gasteiger partial charge in [-0.3, -0.25) is 0 Å². The molecule has 12 heavy (non-hydrogen) atoms. The monoisotopic (exact) mass is 214 g/mol. The zero-order valence-corrected chi connectivity index (χ0v) is 10.5. The number of halogens is 1. The molecule has 0 amide bonds. The molecule has 0 N–H and O–H groups in total. The standard InChI is InChI=1S/C7H7ClO2S.Na.H/c1-6-4-2-3-5-7(6)11(8,9)10;;/h2-5H,1H3;;/q;+1;-1. The van der Waals surface area contributed by atoms with Crippen molar-refractivity contribution in [3.05, 3.63) is 29.8 Å². The Bertz CT molecular complexity index is 367. The Hall–Kier alpha value is 0.460. The first-order valence-electron chi connectivity index (χ1n) is 3.02. The molecule has 0 aliphatic carbocycles. The summed E-state index contributed by atoms with van der Waals surface area (Å²) in [5.41, 5.74) is 0.669. The van der Waals surface area contributed by atoms with Gasteiger partial charge in [-0.2, -0.15) is 0 Å². The zero-order chi connectivity index (χ0) is 8.48. The molecule has 0 radical (unpaired) electrons. The first-order chi connectivity index (χ1) is 5.02. The quantitative estimate of drug-likeness (QED) is 0.446. The fourth-order valence-electron chi connectivity index (χ4n) is 0.830. The van der Waals surface area contributed by atoms with Crippen molar-refractivity contribution in [3.8, 4) is 0 Å². The molecule has 0 aliphatic rings. The van der Waals surface area contributed by atoms with Crippen molar-refractivity contribution >= 4 is 19.7 Å². The fraction of sp³-hybridized carbons (Fsp3) is 0.143. The molecule has 0 aliphatic heterocycles. The Balaban J connectivity index is 0. The molecule has 1 rings (SSSR count). The van der Waals surface area contributed by atoms with Gasteiger partial charge in [0.25, 0.3) is 9.05 Å². The smallest absolute Gasteiger partial charge is 1.00 e.